The summed E-state index contributed by atoms with van der Waals surface area (Å²) < 4.78 is 30.2. The topological polar surface area (TPSA) is 68.8 Å². The van der Waals surface area contributed by atoms with Crippen LogP contribution < -0.4 is 11.1 Å². The SMILES string of the molecule is N[C@H]1CC=CC[C@@H]1c1c(I)c2nc(Cl)nc(NCc3ccccc3)c2n1C(F)F. The Morgan fingerprint density at radius 2 is 1.93 bits per heavy atom. The Balaban J connectivity index is 1.86. The Labute approximate surface area is 185 Å². The maximum absolute atomic E-state index is 14.3. The van der Waals surface area contributed by atoms with Gasteiger partial charge < -0.3 is 11.1 Å². The van der Waals surface area contributed by atoms with Crippen LogP contribution in [-0.2, 0) is 6.54 Å². The van der Waals surface area contributed by atoms with Crippen LogP contribution >= 0.6 is 34.2 Å². The molecule has 0 unspecified atom stereocenters. The van der Waals surface area contributed by atoms with Crippen LogP contribution in [0.5, 0.6) is 0 Å². The molecular weight excluding hydrogens is 511 g/mol. The highest BCUT2D eigenvalue weighted by Crippen LogP contribution is 2.41. The van der Waals surface area contributed by atoms with Crippen LogP contribution in [0.2, 0.25) is 5.28 Å². The minimum Gasteiger partial charge on any atom is -0.364 e. The van der Waals surface area contributed by atoms with Crippen molar-refractivity contribution in [2.75, 3.05) is 5.32 Å². The second-order valence-electron chi connectivity index (χ2n) is 6.94. The number of anilines is 1. The van der Waals surface area contributed by atoms with Crippen molar-refractivity contribution >= 4 is 51.0 Å². The Morgan fingerprint density at radius 1 is 1.21 bits per heavy atom. The van der Waals surface area contributed by atoms with Gasteiger partial charge in [-0.15, -0.1) is 0 Å². The number of benzene rings is 1. The van der Waals surface area contributed by atoms with Crippen molar-refractivity contribution in [2.24, 2.45) is 5.73 Å². The van der Waals surface area contributed by atoms with Crippen LogP contribution in [0.4, 0.5) is 14.6 Å². The molecule has 4 rings (SSSR count). The van der Waals surface area contributed by atoms with Crippen molar-refractivity contribution < 1.29 is 8.78 Å². The van der Waals surface area contributed by atoms with Crippen LogP contribution in [0.15, 0.2) is 42.5 Å². The molecular formula is C20H19ClF2IN5. The molecule has 2 aromatic heterocycles. The zero-order chi connectivity index (χ0) is 20.5. The Kier molecular flexibility index (Phi) is 6.03. The Hall–Kier alpha value is -1.78. The standard InChI is InChI=1S/C20H19ClF2IN5/c21-19-27-15-14(24)16(12-8-4-5-9-13(12)25)29(20(22)23)17(15)18(28-19)26-10-11-6-2-1-3-7-11/h1-7,12-13,20H,8-10,25H2,(H,26,27,28)/t12-,13-/m0/s1. The molecule has 5 nitrogen and oxygen atoms in total. The van der Waals surface area contributed by atoms with Gasteiger partial charge in [-0.1, -0.05) is 42.5 Å². The summed E-state index contributed by atoms with van der Waals surface area (Å²) in [4.78, 5) is 8.49. The van der Waals surface area contributed by atoms with Gasteiger partial charge in [0.25, 0.3) is 0 Å². The summed E-state index contributed by atoms with van der Waals surface area (Å²) in [5, 5.41) is 3.17. The summed E-state index contributed by atoms with van der Waals surface area (Å²) in [7, 11) is 0. The Morgan fingerprint density at radius 3 is 2.62 bits per heavy atom. The van der Waals surface area contributed by atoms with Gasteiger partial charge in [0, 0.05) is 24.2 Å². The third-order valence-electron chi connectivity index (χ3n) is 5.12. The number of halogens is 4. The average molecular weight is 530 g/mol. The molecule has 0 bridgehead atoms. The smallest absolute Gasteiger partial charge is 0.319 e. The number of fused-ring (bicyclic) bond motifs is 1. The summed E-state index contributed by atoms with van der Waals surface area (Å²) in [6.07, 6.45) is 5.24. The maximum Gasteiger partial charge on any atom is 0.319 e. The van der Waals surface area contributed by atoms with Gasteiger partial charge in [0.05, 0.1) is 3.57 Å². The lowest BCUT2D eigenvalue weighted by atomic mass is 9.87. The molecule has 29 heavy (non-hydrogen) atoms. The van der Waals surface area contributed by atoms with E-state index in [9.17, 15) is 8.78 Å². The lowest BCUT2D eigenvalue weighted by Gasteiger charge is -2.27. The summed E-state index contributed by atoms with van der Waals surface area (Å²) >= 11 is 8.20. The Bertz CT molecular complexity index is 1050. The number of alkyl halides is 2. The van der Waals surface area contributed by atoms with Crippen LogP contribution in [0.25, 0.3) is 11.0 Å². The fourth-order valence-corrected chi connectivity index (χ4v) is 4.96. The van der Waals surface area contributed by atoms with E-state index in [-0.39, 0.29) is 28.6 Å². The van der Waals surface area contributed by atoms with Crippen molar-refractivity contribution in [3.05, 3.63) is 62.6 Å². The first-order valence-electron chi connectivity index (χ1n) is 9.20. The van der Waals surface area contributed by atoms with Gasteiger partial charge in [-0.2, -0.15) is 13.8 Å². The largest absolute Gasteiger partial charge is 0.364 e. The number of nitrogens with zero attached hydrogens (tertiary/aromatic N) is 3. The van der Waals surface area contributed by atoms with E-state index >= 15 is 0 Å². The zero-order valence-corrected chi connectivity index (χ0v) is 18.2. The monoisotopic (exact) mass is 529 g/mol. The number of allylic oxidation sites excluding steroid dienone is 1. The average Bonchev–Trinajstić information content (AvgIpc) is 3.00. The van der Waals surface area contributed by atoms with Crippen molar-refractivity contribution in [3.8, 4) is 0 Å². The van der Waals surface area contributed by atoms with E-state index in [0.717, 1.165) is 10.1 Å². The van der Waals surface area contributed by atoms with E-state index in [0.29, 0.717) is 34.2 Å². The van der Waals surface area contributed by atoms with Gasteiger partial charge in [-0.25, -0.2) is 4.98 Å². The van der Waals surface area contributed by atoms with E-state index in [1.54, 1.807) is 0 Å². The quantitative estimate of drug-likeness (QED) is 0.262. The van der Waals surface area contributed by atoms with Gasteiger partial charge in [0.1, 0.15) is 11.0 Å². The van der Waals surface area contributed by atoms with Gasteiger partial charge in [0.15, 0.2) is 5.82 Å². The summed E-state index contributed by atoms with van der Waals surface area (Å²) in [5.74, 6) is 0.0593. The van der Waals surface area contributed by atoms with Crippen LogP contribution in [-0.4, -0.2) is 20.6 Å². The molecule has 0 spiro atoms. The molecule has 3 aromatic rings. The number of hydrogen-bond acceptors (Lipinski definition) is 4. The van der Waals surface area contributed by atoms with Crippen molar-refractivity contribution in [1.29, 1.82) is 0 Å². The molecule has 0 amide bonds. The van der Waals surface area contributed by atoms with Crippen LogP contribution in [0, 0.1) is 3.57 Å². The first-order chi connectivity index (χ1) is 14.0. The third kappa shape index (κ3) is 3.97. The van der Waals surface area contributed by atoms with E-state index in [1.165, 1.54) is 0 Å². The maximum atomic E-state index is 14.3. The summed E-state index contributed by atoms with van der Waals surface area (Å²) in [6, 6.07) is 9.41. The second kappa shape index (κ2) is 8.53. The first-order valence-corrected chi connectivity index (χ1v) is 10.7. The molecule has 0 aliphatic heterocycles. The number of rotatable bonds is 5. The first kappa shape index (κ1) is 20.5. The fraction of sp³-hybridized carbons (Fsp3) is 0.300. The highest BCUT2D eigenvalue weighted by Gasteiger charge is 2.33. The highest BCUT2D eigenvalue weighted by atomic mass is 127. The van der Waals surface area contributed by atoms with E-state index in [4.69, 9.17) is 17.3 Å². The highest BCUT2D eigenvalue weighted by molar-refractivity contribution is 14.1. The van der Waals surface area contributed by atoms with Crippen molar-refractivity contribution in [3.63, 3.8) is 0 Å². The minimum atomic E-state index is -2.75. The van der Waals surface area contributed by atoms with E-state index in [2.05, 4.69) is 37.9 Å². The van der Waals surface area contributed by atoms with Gasteiger partial charge in [0.2, 0.25) is 5.28 Å². The van der Waals surface area contributed by atoms with E-state index < -0.39 is 6.55 Å². The second-order valence-corrected chi connectivity index (χ2v) is 8.35. The van der Waals surface area contributed by atoms with Crippen molar-refractivity contribution in [2.45, 2.75) is 37.9 Å². The van der Waals surface area contributed by atoms with Gasteiger partial charge >= 0.3 is 6.55 Å². The molecule has 9 heteroatoms. The molecule has 152 valence electrons. The number of nitrogens with one attached hydrogen (secondary N) is 1. The summed E-state index contributed by atoms with van der Waals surface area (Å²) in [6.45, 7) is -2.33. The number of aromatic nitrogens is 3. The van der Waals surface area contributed by atoms with Crippen LogP contribution in [0.3, 0.4) is 0 Å². The molecule has 1 aliphatic carbocycles. The van der Waals surface area contributed by atoms with Crippen LogP contribution in [0.1, 0.15) is 36.6 Å². The number of nitrogens with two attached hydrogens (primary N) is 1. The lowest BCUT2D eigenvalue weighted by Crippen LogP contribution is -2.31. The third-order valence-corrected chi connectivity index (χ3v) is 6.35. The predicted octanol–water partition coefficient (Wildman–Crippen LogP) is 5.46. The molecule has 1 aromatic carbocycles. The zero-order valence-electron chi connectivity index (χ0n) is 15.3. The molecule has 3 N–H and O–H groups in total. The van der Waals surface area contributed by atoms with Gasteiger partial charge in [-0.05, 0) is 52.6 Å². The summed E-state index contributed by atoms with van der Waals surface area (Å²) in [5.41, 5.74) is 8.44. The normalized spacial score (nSPS) is 19.2. The van der Waals surface area contributed by atoms with E-state index in [1.807, 2.05) is 42.5 Å². The molecule has 0 saturated carbocycles. The molecule has 0 fully saturated rings. The molecule has 0 saturated heterocycles. The number of hydrogen-bond donors (Lipinski definition) is 2. The molecule has 2 heterocycles. The molecule has 1 aliphatic rings. The molecule has 2 atom stereocenters. The van der Waals surface area contributed by atoms with Crippen molar-refractivity contribution in [1.82, 2.24) is 14.5 Å². The predicted molar refractivity (Wildman–Crippen MR) is 119 cm³/mol. The fourth-order valence-electron chi connectivity index (χ4n) is 3.76. The minimum absolute atomic E-state index is 0.0109. The van der Waals surface area contributed by atoms with Gasteiger partial charge in [-0.3, -0.25) is 4.57 Å². The lowest BCUT2D eigenvalue weighted by molar-refractivity contribution is 0.0705. The molecule has 0 radical (unpaired) electrons.